The van der Waals surface area contributed by atoms with Gasteiger partial charge < -0.3 is 20.1 Å². The van der Waals surface area contributed by atoms with Crippen LogP contribution in [-0.4, -0.2) is 47.2 Å². The second-order valence-corrected chi connectivity index (χ2v) is 6.30. The number of aromatic nitrogens is 1. The summed E-state index contributed by atoms with van der Waals surface area (Å²) >= 11 is 3.25. The maximum absolute atomic E-state index is 11.5. The van der Waals surface area contributed by atoms with Crippen molar-refractivity contribution in [1.82, 2.24) is 9.88 Å². The standard InChI is InChI=1S/C17H18BrN3O4/c1-21(2)17(24)25-12-8-6-11(7-9-12)10-13(16(22)23)19-15-5-3-4-14(18)20-15/h3-9,13H,10H2,1-2H3,(H,19,20)(H,22,23)/t13-/m0/s1. The number of rotatable bonds is 6. The predicted molar refractivity (Wildman–Crippen MR) is 96.8 cm³/mol. The molecule has 0 aliphatic heterocycles. The van der Waals surface area contributed by atoms with Gasteiger partial charge in [0.15, 0.2) is 0 Å². The SMILES string of the molecule is CN(C)C(=O)Oc1ccc(C[C@H](Nc2cccc(Br)n2)C(=O)O)cc1. The second kappa shape index (κ2) is 8.48. The highest BCUT2D eigenvalue weighted by molar-refractivity contribution is 9.10. The molecule has 0 spiro atoms. The Bertz CT molecular complexity index is 750. The van der Waals surface area contributed by atoms with Gasteiger partial charge in [-0.25, -0.2) is 14.6 Å². The Balaban J connectivity index is 2.04. The van der Waals surface area contributed by atoms with E-state index in [9.17, 15) is 14.7 Å². The average Bonchev–Trinajstić information content (AvgIpc) is 2.55. The Hall–Kier alpha value is -2.61. The Kier molecular flexibility index (Phi) is 6.35. The van der Waals surface area contributed by atoms with Crippen LogP contribution in [0.1, 0.15) is 5.56 Å². The third-order valence-corrected chi connectivity index (χ3v) is 3.71. The molecule has 0 saturated heterocycles. The summed E-state index contributed by atoms with van der Waals surface area (Å²) in [4.78, 5) is 28.5. The van der Waals surface area contributed by atoms with Crippen LogP contribution in [0.15, 0.2) is 47.1 Å². The number of ether oxygens (including phenoxy) is 1. The molecule has 0 aliphatic carbocycles. The van der Waals surface area contributed by atoms with Crippen molar-refractivity contribution in [2.75, 3.05) is 19.4 Å². The number of hydrogen-bond donors (Lipinski definition) is 2. The Morgan fingerprint density at radius 3 is 2.48 bits per heavy atom. The van der Waals surface area contributed by atoms with E-state index in [-0.39, 0.29) is 6.42 Å². The average molecular weight is 408 g/mol. The van der Waals surface area contributed by atoms with Crippen molar-refractivity contribution in [3.63, 3.8) is 0 Å². The molecular weight excluding hydrogens is 390 g/mol. The van der Waals surface area contributed by atoms with Gasteiger partial charge >= 0.3 is 12.1 Å². The lowest BCUT2D eigenvalue weighted by Crippen LogP contribution is -2.31. The molecule has 0 fully saturated rings. The monoisotopic (exact) mass is 407 g/mol. The zero-order chi connectivity index (χ0) is 18.4. The first-order valence-electron chi connectivity index (χ1n) is 7.45. The summed E-state index contributed by atoms with van der Waals surface area (Å²) in [6, 6.07) is 11.1. The zero-order valence-corrected chi connectivity index (χ0v) is 15.4. The summed E-state index contributed by atoms with van der Waals surface area (Å²) in [7, 11) is 3.19. The van der Waals surface area contributed by atoms with Crippen LogP contribution in [-0.2, 0) is 11.2 Å². The van der Waals surface area contributed by atoms with Crippen molar-refractivity contribution < 1.29 is 19.4 Å². The molecule has 0 radical (unpaired) electrons. The smallest absolute Gasteiger partial charge is 0.414 e. The number of halogens is 1. The van der Waals surface area contributed by atoms with Crippen LogP contribution in [0.5, 0.6) is 5.75 Å². The highest BCUT2D eigenvalue weighted by Crippen LogP contribution is 2.16. The largest absolute Gasteiger partial charge is 0.480 e. The van der Waals surface area contributed by atoms with E-state index >= 15 is 0 Å². The number of nitrogens with one attached hydrogen (secondary N) is 1. The van der Waals surface area contributed by atoms with Crippen molar-refractivity contribution in [3.8, 4) is 5.75 Å². The fourth-order valence-corrected chi connectivity index (χ4v) is 2.33. The van der Waals surface area contributed by atoms with E-state index in [4.69, 9.17) is 4.74 Å². The molecule has 0 unspecified atom stereocenters. The van der Waals surface area contributed by atoms with Gasteiger partial charge in [0.25, 0.3) is 0 Å². The molecule has 1 aromatic heterocycles. The molecule has 25 heavy (non-hydrogen) atoms. The lowest BCUT2D eigenvalue weighted by molar-refractivity contribution is -0.137. The van der Waals surface area contributed by atoms with Crippen molar-refractivity contribution in [1.29, 1.82) is 0 Å². The third-order valence-electron chi connectivity index (χ3n) is 3.27. The first-order valence-corrected chi connectivity index (χ1v) is 8.24. The van der Waals surface area contributed by atoms with Gasteiger partial charge in [0.2, 0.25) is 0 Å². The Labute approximate surface area is 153 Å². The molecular formula is C17H18BrN3O4. The van der Waals surface area contributed by atoms with E-state index in [2.05, 4.69) is 26.2 Å². The highest BCUT2D eigenvalue weighted by atomic mass is 79.9. The van der Waals surface area contributed by atoms with Crippen molar-refractivity contribution in [2.24, 2.45) is 0 Å². The molecule has 0 aliphatic rings. The van der Waals surface area contributed by atoms with Crippen molar-refractivity contribution in [3.05, 3.63) is 52.6 Å². The summed E-state index contributed by atoms with van der Waals surface area (Å²) in [5, 5.41) is 12.3. The van der Waals surface area contributed by atoms with Crippen molar-refractivity contribution in [2.45, 2.75) is 12.5 Å². The lowest BCUT2D eigenvalue weighted by Gasteiger charge is -2.16. The number of anilines is 1. The van der Waals surface area contributed by atoms with Gasteiger partial charge in [0, 0.05) is 20.5 Å². The molecule has 2 aromatic rings. The number of carbonyl (C=O) groups excluding carboxylic acids is 1. The van der Waals surface area contributed by atoms with Gasteiger partial charge in [-0.3, -0.25) is 0 Å². The molecule has 1 heterocycles. The minimum absolute atomic E-state index is 0.255. The minimum atomic E-state index is -0.982. The molecule has 8 heteroatoms. The summed E-state index contributed by atoms with van der Waals surface area (Å²) in [5.41, 5.74) is 0.791. The summed E-state index contributed by atoms with van der Waals surface area (Å²) in [6.07, 6.45) is -0.218. The Morgan fingerprint density at radius 1 is 1.24 bits per heavy atom. The molecule has 1 atom stereocenters. The van der Waals surface area contributed by atoms with E-state index in [1.54, 1.807) is 56.6 Å². The number of benzene rings is 1. The molecule has 1 amide bonds. The molecule has 7 nitrogen and oxygen atoms in total. The van der Waals surface area contributed by atoms with Crippen LogP contribution in [0.2, 0.25) is 0 Å². The minimum Gasteiger partial charge on any atom is -0.480 e. The highest BCUT2D eigenvalue weighted by Gasteiger charge is 2.18. The lowest BCUT2D eigenvalue weighted by atomic mass is 10.1. The third kappa shape index (κ3) is 5.75. The van der Waals surface area contributed by atoms with Gasteiger partial charge in [-0.1, -0.05) is 18.2 Å². The predicted octanol–water partition coefficient (Wildman–Crippen LogP) is 3.01. The summed E-state index contributed by atoms with van der Waals surface area (Å²) < 4.78 is 5.75. The first kappa shape index (κ1) is 18.7. The van der Waals surface area contributed by atoms with Gasteiger partial charge in [-0.15, -0.1) is 0 Å². The number of nitrogens with zero attached hydrogens (tertiary/aromatic N) is 2. The van der Waals surface area contributed by atoms with Crippen LogP contribution in [0, 0.1) is 0 Å². The molecule has 132 valence electrons. The first-order chi connectivity index (χ1) is 11.8. The molecule has 1 aromatic carbocycles. The Morgan fingerprint density at radius 2 is 1.92 bits per heavy atom. The number of pyridine rings is 1. The second-order valence-electron chi connectivity index (χ2n) is 5.49. The quantitative estimate of drug-likeness (QED) is 0.715. The normalized spacial score (nSPS) is 11.5. The number of amides is 1. The summed E-state index contributed by atoms with van der Waals surface area (Å²) in [5.74, 6) is -0.112. The van der Waals surface area contributed by atoms with Crippen LogP contribution in [0.3, 0.4) is 0 Å². The van der Waals surface area contributed by atoms with E-state index < -0.39 is 18.1 Å². The van der Waals surface area contributed by atoms with E-state index in [1.165, 1.54) is 4.90 Å². The van der Waals surface area contributed by atoms with E-state index in [1.807, 2.05) is 0 Å². The molecule has 0 bridgehead atoms. The number of aliphatic carboxylic acids is 1. The molecule has 2 N–H and O–H groups in total. The maximum atomic E-state index is 11.5. The molecule has 0 saturated carbocycles. The van der Waals surface area contributed by atoms with Gasteiger partial charge in [-0.2, -0.15) is 0 Å². The fraction of sp³-hybridized carbons (Fsp3) is 0.235. The summed E-state index contributed by atoms with van der Waals surface area (Å²) in [6.45, 7) is 0. The van der Waals surface area contributed by atoms with Gasteiger partial charge in [0.1, 0.15) is 22.2 Å². The van der Waals surface area contributed by atoms with E-state index in [0.29, 0.717) is 16.2 Å². The van der Waals surface area contributed by atoms with Gasteiger partial charge in [0.05, 0.1) is 0 Å². The van der Waals surface area contributed by atoms with Gasteiger partial charge in [-0.05, 0) is 45.8 Å². The van der Waals surface area contributed by atoms with E-state index in [0.717, 1.165) is 5.56 Å². The number of hydrogen-bond acceptors (Lipinski definition) is 5. The maximum Gasteiger partial charge on any atom is 0.414 e. The molecule has 2 rings (SSSR count). The van der Waals surface area contributed by atoms with Crippen LogP contribution >= 0.6 is 15.9 Å². The van der Waals surface area contributed by atoms with Crippen LogP contribution in [0.25, 0.3) is 0 Å². The number of carboxylic acids is 1. The fourth-order valence-electron chi connectivity index (χ4n) is 1.99. The number of carbonyl (C=O) groups is 2. The zero-order valence-electron chi connectivity index (χ0n) is 13.8. The van der Waals surface area contributed by atoms with Crippen LogP contribution < -0.4 is 10.1 Å². The van der Waals surface area contributed by atoms with Crippen molar-refractivity contribution >= 4 is 33.8 Å². The number of carboxylic acid groups (broad SMARTS) is 1. The topological polar surface area (TPSA) is 91.8 Å². The van der Waals surface area contributed by atoms with Crippen LogP contribution in [0.4, 0.5) is 10.6 Å².